The molecule has 1 atom stereocenters. The van der Waals surface area contributed by atoms with Gasteiger partial charge in [0.05, 0.1) is 5.56 Å². The Morgan fingerprint density at radius 2 is 1.48 bits per heavy atom. The molecular formula is C31H34F2N6O3. The maximum absolute atomic E-state index is 14.5. The maximum Gasteiger partial charge on any atom is 0.255 e. The van der Waals surface area contributed by atoms with Crippen LogP contribution in [0.1, 0.15) is 27.1 Å². The zero-order chi connectivity index (χ0) is 29.1. The molecule has 0 bridgehead atoms. The van der Waals surface area contributed by atoms with Crippen LogP contribution < -0.4 is 20.3 Å². The molecule has 2 N–H and O–H groups in total. The Kier molecular flexibility index (Phi) is 8.29. The van der Waals surface area contributed by atoms with Crippen molar-refractivity contribution in [1.82, 2.24) is 25.4 Å². The Bertz CT molecular complexity index is 1430. The van der Waals surface area contributed by atoms with Crippen LogP contribution in [0, 0.1) is 11.6 Å². The van der Waals surface area contributed by atoms with E-state index in [1.807, 2.05) is 0 Å². The number of hydrogen-bond donors (Lipinski definition) is 2. The first-order chi connectivity index (χ1) is 20.4. The van der Waals surface area contributed by atoms with E-state index in [-0.39, 0.29) is 23.7 Å². The summed E-state index contributed by atoms with van der Waals surface area (Å²) in [5, 5.41) is 6.53. The van der Waals surface area contributed by atoms with Gasteiger partial charge in [-0.1, -0.05) is 12.1 Å². The number of nitrogens with one attached hydrogen (secondary N) is 2. The van der Waals surface area contributed by atoms with Gasteiger partial charge in [0.25, 0.3) is 11.8 Å². The van der Waals surface area contributed by atoms with Gasteiger partial charge in [-0.15, -0.1) is 0 Å². The van der Waals surface area contributed by atoms with E-state index in [1.54, 1.807) is 34.1 Å². The summed E-state index contributed by atoms with van der Waals surface area (Å²) in [6.45, 7) is 6.02. The second-order valence-electron chi connectivity index (χ2n) is 10.8. The number of nitrogens with zero attached hydrogens (tertiary/aromatic N) is 4. The van der Waals surface area contributed by atoms with Crippen molar-refractivity contribution >= 4 is 17.5 Å². The summed E-state index contributed by atoms with van der Waals surface area (Å²) in [5.41, 5.74) is 2.72. The van der Waals surface area contributed by atoms with Gasteiger partial charge in [0.1, 0.15) is 17.7 Å². The van der Waals surface area contributed by atoms with Crippen LogP contribution in [0.25, 0.3) is 11.1 Å². The highest BCUT2D eigenvalue weighted by Gasteiger charge is 2.28. The SMILES string of the molecule is O=C(c1cc(F)cc(N2CCNCC2)c1)N1CCN(C(=O)c2cnc(O[C@H]3CCNC3)c(-c3ccc(F)cc3)c2)CC1. The Balaban J connectivity index is 1.15. The van der Waals surface area contributed by atoms with Gasteiger partial charge in [0, 0.05) is 81.9 Å². The first-order valence-electron chi connectivity index (χ1n) is 14.4. The summed E-state index contributed by atoms with van der Waals surface area (Å²) in [5.74, 6) is -0.853. The van der Waals surface area contributed by atoms with Crippen molar-refractivity contribution in [3.63, 3.8) is 0 Å². The minimum atomic E-state index is -0.440. The lowest BCUT2D eigenvalue weighted by Crippen LogP contribution is -2.50. The first kappa shape index (κ1) is 28.0. The molecule has 0 spiro atoms. The van der Waals surface area contributed by atoms with Crippen LogP contribution in [0.2, 0.25) is 0 Å². The highest BCUT2D eigenvalue weighted by molar-refractivity contribution is 5.97. The molecule has 2 amide bonds. The molecule has 3 aromatic rings. The number of aromatic nitrogens is 1. The normalized spacial score (nSPS) is 19.2. The predicted octanol–water partition coefficient (Wildman–Crippen LogP) is 2.78. The minimum Gasteiger partial charge on any atom is -0.473 e. The van der Waals surface area contributed by atoms with Crippen LogP contribution in [0.5, 0.6) is 5.88 Å². The molecule has 0 radical (unpaired) electrons. The molecular weight excluding hydrogens is 542 g/mol. The Morgan fingerprint density at radius 1 is 0.786 bits per heavy atom. The monoisotopic (exact) mass is 576 g/mol. The summed E-state index contributed by atoms with van der Waals surface area (Å²) in [6, 6.07) is 12.3. The topological polar surface area (TPSA) is 90.0 Å². The lowest BCUT2D eigenvalue weighted by molar-refractivity contribution is 0.0535. The van der Waals surface area contributed by atoms with Crippen LogP contribution in [-0.2, 0) is 0 Å². The van der Waals surface area contributed by atoms with Gasteiger partial charge >= 0.3 is 0 Å². The van der Waals surface area contributed by atoms with E-state index in [2.05, 4.69) is 20.5 Å². The van der Waals surface area contributed by atoms with Crippen LogP contribution >= 0.6 is 0 Å². The fourth-order valence-corrected chi connectivity index (χ4v) is 5.67. The zero-order valence-corrected chi connectivity index (χ0v) is 23.3. The molecule has 9 nitrogen and oxygen atoms in total. The fraction of sp³-hybridized carbons (Fsp3) is 0.387. The van der Waals surface area contributed by atoms with Gasteiger partial charge in [-0.3, -0.25) is 9.59 Å². The van der Waals surface area contributed by atoms with Gasteiger partial charge in [-0.25, -0.2) is 13.8 Å². The second kappa shape index (κ2) is 12.4. The molecule has 2 aromatic carbocycles. The van der Waals surface area contributed by atoms with Crippen LogP contribution in [0.4, 0.5) is 14.5 Å². The van der Waals surface area contributed by atoms with E-state index in [4.69, 9.17) is 4.74 Å². The van der Waals surface area contributed by atoms with Gasteiger partial charge in [-0.05, 0) is 54.9 Å². The Hall–Kier alpha value is -4.09. The second-order valence-corrected chi connectivity index (χ2v) is 10.8. The van der Waals surface area contributed by atoms with Crippen molar-refractivity contribution < 1.29 is 23.1 Å². The fourth-order valence-electron chi connectivity index (χ4n) is 5.67. The van der Waals surface area contributed by atoms with Crippen molar-refractivity contribution in [3.8, 4) is 17.0 Å². The van der Waals surface area contributed by atoms with E-state index in [0.29, 0.717) is 66.5 Å². The Morgan fingerprint density at radius 3 is 2.14 bits per heavy atom. The highest BCUT2D eigenvalue weighted by Crippen LogP contribution is 2.31. The number of ether oxygens (including phenoxy) is 1. The van der Waals surface area contributed by atoms with Gasteiger partial charge in [0.15, 0.2) is 0 Å². The summed E-state index contributed by atoms with van der Waals surface area (Å²) in [6.07, 6.45) is 2.32. The number of benzene rings is 2. The molecule has 0 saturated carbocycles. The molecule has 4 heterocycles. The molecule has 3 aliphatic rings. The predicted molar refractivity (Wildman–Crippen MR) is 155 cm³/mol. The summed E-state index contributed by atoms with van der Waals surface area (Å²) < 4.78 is 34.3. The number of piperazine rings is 2. The van der Waals surface area contributed by atoms with Gasteiger partial charge in [0.2, 0.25) is 5.88 Å². The number of pyridine rings is 1. The molecule has 11 heteroatoms. The molecule has 220 valence electrons. The number of hydrogen-bond acceptors (Lipinski definition) is 7. The number of anilines is 1. The molecule has 42 heavy (non-hydrogen) atoms. The average molecular weight is 577 g/mol. The third kappa shape index (κ3) is 6.22. The van der Waals surface area contributed by atoms with Crippen molar-refractivity contribution in [2.75, 3.05) is 70.3 Å². The largest absolute Gasteiger partial charge is 0.473 e. The lowest BCUT2D eigenvalue weighted by Gasteiger charge is -2.35. The van der Waals surface area contributed by atoms with Crippen molar-refractivity contribution in [2.45, 2.75) is 12.5 Å². The molecule has 3 aliphatic heterocycles. The number of halogens is 2. The number of amides is 2. The highest BCUT2D eigenvalue weighted by atomic mass is 19.1. The van der Waals surface area contributed by atoms with Crippen molar-refractivity contribution in [1.29, 1.82) is 0 Å². The molecule has 0 aliphatic carbocycles. The molecule has 3 fully saturated rings. The lowest BCUT2D eigenvalue weighted by atomic mass is 10.0. The zero-order valence-electron chi connectivity index (χ0n) is 23.3. The molecule has 1 aromatic heterocycles. The van der Waals surface area contributed by atoms with E-state index in [9.17, 15) is 18.4 Å². The number of carbonyl (C=O) groups excluding carboxylic acids is 2. The third-order valence-corrected chi connectivity index (χ3v) is 8.01. The van der Waals surface area contributed by atoms with Crippen LogP contribution in [0.15, 0.2) is 54.7 Å². The number of carbonyl (C=O) groups is 2. The van der Waals surface area contributed by atoms with E-state index in [1.165, 1.54) is 30.5 Å². The van der Waals surface area contributed by atoms with E-state index >= 15 is 0 Å². The maximum atomic E-state index is 14.5. The van der Waals surface area contributed by atoms with Crippen LogP contribution in [0.3, 0.4) is 0 Å². The Labute approximate surface area is 243 Å². The molecule has 6 rings (SSSR count). The smallest absolute Gasteiger partial charge is 0.255 e. The quantitative estimate of drug-likeness (QED) is 0.467. The summed E-state index contributed by atoms with van der Waals surface area (Å²) in [7, 11) is 0. The summed E-state index contributed by atoms with van der Waals surface area (Å²) in [4.78, 5) is 36.7. The third-order valence-electron chi connectivity index (χ3n) is 8.01. The van der Waals surface area contributed by atoms with Crippen molar-refractivity contribution in [3.05, 3.63) is 77.5 Å². The van der Waals surface area contributed by atoms with Crippen LogP contribution in [-0.4, -0.2) is 98.1 Å². The summed E-state index contributed by atoms with van der Waals surface area (Å²) >= 11 is 0. The number of rotatable bonds is 6. The van der Waals surface area contributed by atoms with E-state index in [0.717, 1.165) is 39.1 Å². The van der Waals surface area contributed by atoms with Crippen molar-refractivity contribution in [2.24, 2.45) is 0 Å². The minimum absolute atomic E-state index is 0.0325. The first-order valence-corrected chi connectivity index (χ1v) is 14.4. The van der Waals surface area contributed by atoms with Gasteiger partial charge < -0.3 is 30.1 Å². The van der Waals surface area contributed by atoms with E-state index < -0.39 is 5.82 Å². The molecule has 3 saturated heterocycles. The average Bonchev–Trinajstić information content (AvgIpc) is 3.54. The standard InChI is InChI=1S/C31H34F2N6O3/c32-24-3-1-21(2-4-24)28-17-23(19-36-29(28)42-27-5-6-35-20-27)31(41)39-13-11-38(12-14-39)30(40)22-15-25(33)18-26(16-22)37-9-7-34-8-10-37/h1-4,15-19,27,34-35H,5-14,20H2/t27-/m0/s1. The van der Waals surface area contributed by atoms with Gasteiger partial charge in [-0.2, -0.15) is 0 Å². The molecule has 0 unspecified atom stereocenters.